The van der Waals surface area contributed by atoms with Gasteiger partial charge >= 0.3 is 0 Å². The molecule has 0 saturated carbocycles. The second kappa shape index (κ2) is 5.16. The molecule has 2 nitrogen and oxygen atoms in total. The highest BCUT2D eigenvalue weighted by Crippen LogP contribution is 2.34. The van der Waals surface area contributed by atoms with Crippen LogP contribution in [0.1, 0.15) is 5.56 Å². The molecule has 0 amide bonds. The molecular weight excluding hydrogens is 321 g/mol. The van der Waals surface area contributed by atoms with E-state index >= 15 is 0 Å². The normalized spacial score (nSPS) is 10.4. The van der Waals surface area contributed by atoms with E-state index in [9.17, 15) is 4.39 Å². The van der Waals surface area contributed by atoms with Gasteiger partial charge in [0.05, 0.1) is 4.47 Å². The fourth-order valence-electron chi connectivity index (χ4n) is 1.43. The summed E-state index contributed by atoms with van der Waals surface area (Å²) in [7, 11) is 0. The number of nitrogen functional groups attached to an aromatic ring is 1. The van der Waals surface area contributed by atoms with Gasteiger partial charge in [0.15, 0.2) is 11.6 Å². The van der Waals surface area contributed by atoms with Crippen molar-refractivity contribution in [2.24, 2.45) is 0 Å². The Balaban J connectivity index is 2.37. The molecule has 94 valence electrons. The Labute approximate surface area is 118 Å². The van der Waals surface area contributed by atoms with E-state index in [-0.39, 0.29) is 5.75 Å². The lowest BCUT2D eigenvalue weighted by Crippen LogP contribution is -1.93. The molecule has 2 aromatic rings. The Morgan fingerprint density at radius 2 is 1.94 bits per heavy atom. The molecule has 0 unspecified atom stereocenters. The molecule has 2 rings (SSSR count). The molecular formula is C13H10BrClFNO. The number of hydrogen-bond donors (Lipinski definition) is 1. The van der Waals surface area contributed by atoms with Crippen molar-refractivity contribution in [3.8, 4) is 11.5 Å². The summed E-state index contributed by atoms with van der Waals surface area (Å²) >= 11 is 9.00. The molecule has 0 radical (unpaired) electrons. The van der Waals surface area contributed by atoms with Gasteiger partial charge in [0.25, 0.3) is 0 Å². The molecule has 0 aliphatic carbocycles. The van der Waals surface area contributed by atoms with Crippen molar-refractivity contribution in [2.75, 3.05) is 5.73 Å². The molecule has 0 fully saturated rings. The van der Waals surface area contributed by atoms with Crippen molar-refractivity contribution in [3.05, 3.63) is 51.2 Å². The first-order chi connectivity index (χ1) is 8.47. The van der Waals surface area contributed by atoms with Crippen LogP contribution in [0.2, 0.25) is 5.02 Å². The number of nitrogens with two attached hydrogens (primary N) is 1. The summed E-state index contributed by atoms with van der Waals surface area (Å²) in [6, 6.07) is 7.72. The second-order valence-electron chi connectivity index (χ2n) is 3.82. The van der Waals surface area contributed by atoms with Crippen molar-refractivity contribution in [1.29, 1.82) is 0 Å². The minimum absolute atomic E-state index is 0.115. The number of benzene rings is 2. The van der Waals surface area contributed by atoms with Gasteiger partial charge in [-0.15, -0.1) is 0 Å². The Morgan fingerprint density at radius 3 is 2.61 bits per heavy atom. The van der Waals surface area contributed by atoms with Gasteiger partial charge in [-0.2, -0.15) is 0 Å². The zero-order valence-corrected chi connectivity index (χ0v) is 11.8. The van der Waals surface area contributed by atoms with Crippen LogP contribution in [0.5, 0.6) is 11.5 Å². The van der Waals surface area contributed by atoms with E-state index in [1.165, 1.54) is 12.1 Å². The van der Waals surface area contributed by atoms with Gasteiger partial charge < -0.3 is 10.5 Å². The Hall–Kier alpha value is -1.26. The molecule has 2 N–H and O–H groups in total. The molecule has 0 spiro atoms. The predicted octanol–water partition coefficient (Wildman–Crippen LogP) is 4.92. The topological polar surface area (TPSA) is 35.2 Å². The predicted molar refractivity (Wildman–Crippen MR) is 74.8 cm³/mol. The Bertz CT molecular complexity index is 604. The molecule has 0 bridgehead atoms. The minimum atomic E-state index is -0.510. The van der Waals surface area contributed by atoms with Crippen LogP contribution in [0.4, 0.5) is 10.1 Å². The number of rotatable bonds is 2. The van der Waals surface area contributed by atoms with Crippen LogP contribution in [-0.4, -0.2) is 0 Å². The van der Waals surface area contributed by atoms with Crippen molar-refractivity contribution in [1.82, 2.24) is 0 Å². The highest BCUT2D eigenvalue weighted by molar-refractivity contribution is 9.10. The smallest absolute Gasteiger partial charge is 0.167 e. The van der Waals surface area contributed by atoms with Gasteiger partial charge in [-0.05, 0) is 58.7 Å². The Morgan fingerprint density at radius 1 is 1.22 bits per heavy atom. The van der Waals surface area contributed by atoms with E-state index in [2.05, 4.69) is 15.9 Å². The molecule has 0 aliphatic heterocycles. The summed E-state index contributed by atoms with van der Waals surface area (Å²) in [4.78, 5) is 0. The van der Waals surface area contributed by atoms with Crippen LogP contribution in [-0.2, 0) is 0 Å². The molecule has 5 heteroatoms. The van der Waals surface area contributed by atoms with E-state index in [0.29, 0.717) is 20.9 Å². The van der Waals surface area contributed by atoms with Crippen LogP contribution in [0.25, 0.3) is 0 Å². The lowest BCUT2D eigenvalue weighted by atomic mass is 10.2. The molecule has 2 aromatic carbocycles. The summed E-state index contributed by atoms with van der Waals surface area (Å²) in [5.41, 5.74) is 7.26. The van der Waals surface area contributed by atoms with Crippen molar-refractivity contribution in [3.63, 3.8) is 0 Å². The largest absolute Gasteiger partial charge is 0.453 e. The van der Waals surface area contributed by atoms with Crippen molar-refractivity contribution >= 4 is 33.2 Å². The number of anilines is 1. The maximum atomic E-state index is 13.6. The van der Waals surface area contributed by atoms with E-state index < -0.39 is 5.82 Å². The first-order valence-corrected chi connectivity index (χ1v) is 6.33. The summed E-state index contributed by atoms with van der Waals surface area (Å²) < 4.78 is 19.8. The third-order valence-corrected chi connectivity index (χ3v) is 3.29. The molecule has 0 heterocycles. The van der Waals surface area contributed by atoms with Crippen LogP contribution >= 0.6 is 27.5 Å². The van der Waals surface area contributed by atoms with Gasteiger partial charge in [0.1, 0.15) is 5.75 Å². The quantitative estimate of drug-likeness (QED) is 0.793. The van der Waals surface area contributed by atoms with E-state index in [0.717, 1.165) is 5.56 Å². The number of halogens is 3. The monoisotopic (exact) mass is 329 g/mol. The molecule has 0 saturated heterocycles. The molecule has 0 aromatic heterocycles. The average molecular weight is 331 g/mol. The number of aryl methyl sites for hydroxylation is 1. The highest BCUT2D eigenvalue weighted by atomic mass is 79.9. The standard InChI is InChI=1S/C13H10BrClFNO/c1-7-4-13(9(14)6-11(7)17)18-12-3-2-8(15)5-10(12)16/h2-6H,17H2,1H3. The zero-order valence-electron chi connectivity index (χ0n) is 9.51. The maximum absolute atomic E-state index is 13.6. The van der Waals surface area contributed by atoms with Crippen LogP contribution in [0, 0.1) is 12.7 Å². The highest BCUT2D eigenvalue weighted by Gasteiger charge is 2.09. The number of hydrogen-bond acceptors (Lipinski definition) is 2. The second-order valence-corrected chi connectivity index (χ2v) is 5.11. The first kappa shape index (κ1) is 13.2. The molecule has 0 aliphatic rings. The number of ether oxygens (including phenoxy) is 1. The first-order valence-electron chi connectivity index (χ1n) is 5.16. The summed E-state index contributed by atoms with van der Waals surface area (Å²) in [6.07, 6.45) is 0. The van der Waals surface area contributed by atoms with Gasteiger partial charge in [-0.3, -0.25) is 0 Å². The van der Waals surface area contributed by atoms with E-state index in [4.69, 9.17) is 22.1 Å². The third kappa shape index (κ3) is 2.76. The zero-order chi connectivity index (χ0) is 13.3. The SMILES string of the molecule is Cc1cc(Oc2ccc(Cl)cc2F)c(Br)cc1N. The fourth-order valence-corrected chi connectivity index (χ4v) is 2.03. The fraction of sp³-hybridized carbons (Fsp3) is 0.0769. The van der Waals surface area contributed by atoms with Crippen molar-refractivity contribution in [2.45, 2.75) is 6.92 Å². The van der Waals surface area contributed by atoms with Gasteiger partial charge in [0, 0.05) is 10.7 Å². The minimum Gasteiger partial charge on any atom is -0.453 e. The summed E-state index contributed by atoms with van der Waals surface area (Å²) in [5.74, 6) is 0.107. The maximum Gasteiger partial charge on any atom is 0.167 e. The van der Waals surface area contributed by atoms with Crippen LogP contribution < -0.4 is 10.5 Å². The lowest BCUT2D eigenvalue weighted by Gasteiger charge is -2.11. The van der Waals surface area contributed by atoms with Gasteiger partial charge in [-0.1, -0.05) is 11.6 Å². The van der Waals surface area contributed by atoms with Crippen LogP contribution in [0.15, 0.2) is 34.8 Å². The molecule has 0 atom stereocenters. The van der Waals surface area contributed by atoms with Gasteiger partial charge in [0.2, 0.25) is 0 Å². The van der Waals surface area contributed by atoms with E-state index in [1.807, 2.05) is 6.92 Å². The van der Waals surface area contributed by atoms with Crippen LogP contribution in [0.3, 0.4) is 0 Å². The summed E-state index contributed by atoms with van der Waals surface area (Å²) in [5, 5.41) is 0.326. The molecule has 18 heavy (non-hydrogen) atoms. The lowest BCUT2D eigenvalue weighted by molar-refractivity contribution is 0.440. The Kier molecular flexibility index (Phi) is 3.78. The average Bonchev–Trinajstić information content (AvgIpc) is 2.29. The van der Waals surface area contributed by atoms with Gasteiger partial charge in [-0.25, -0.2) is 4.39 Å². The van der Waals surface area contributed by atoms with E-state index in [1.54, 1.807) is 18.2 Å². The third-order valence-electron chi connectivity index (χ3n) is 2.43. The summed E-state index contributed by atoms with van der Waals surface area (Å²) in [6.45, 7) is 1.85. The van der Waals surface area contributed by atoms with Crippen molar-refractivity contribution < 1.29 is 9.13 Å².